The van der Waals surface area contributed by atoms with Crippen molar-refractivity contribution in [1.82, 2.24) is 4.98 Å². The molecule has 2 aromatic carbocycles. The molecule has 2 N–H and O–H groups in total. The summed E-state index contributed by atoms with van der Waals surface area (Å²) in [5, 5.41) is 13.2. The molecule has 1 aliphatic carbocycles. The van der Waals surface area contributed by atoms with E-state index >= 15 is 0 Å². The van der Waals surface area contributed by atoms with Gasteiger partial charge in [-0.1, -0.05) is 0 Å². The number of ketones is 1. The molecule has 2 heterocycles. The van der Waals surface area contributed by atoms with E-state index in [0.717, 1.165) is 31.6 Å². The number of pyridine rings is 1. The number of fused-ring (bicyclic) bond motifs is 1. The van der Waals surface area contributed by atoms with E-state index in [1.54, 1.807) is 31.2 Å². The number of piperazine rings is 1. The molecule has 8 nitrogen and oxygen atoms in total. The highest BCUT2D eigenvalue weighted by molar-refractivity contribution is 6.05. The maximum Gasteiger partial charge on any atom is 0.336 e. The molecule has 0 atom stereocenters. The first-order chi connectivity index (χ1) is 16.4. The van der Waals surface area contributed by atoms with Crippen molar-refractivity contribution in [1.29, 1.82) is 0 Å². The van der Waals surface area contributed by atoms with Crippen LogP contribution in [-0.2, 0) is 4.79 Å². The second kappa shape index (κ2) is 8.78. The number of Topliss-reactive ketones (excluding diaryl/α,β-unsaturated/α-hetero) is 1. The van der Waals surface area contributed by atoms with Crippen LogP contribution < -0.4 is 15.1 Å². The fraction of sp³-hybridized carbons (Fsp3) is 0.308. The molecule has 0 bridgehead atoms. The minimum absolute atomic E-state index is 0.0189. The number of hydrogen-bond donors (Lipinski definition) is 2. The van der Waals surface area contributed by atoms with Gasteiger partial charge in [0.2, 0.25) is 5.91 Å². The highest BCUT2D eigenvalue weighted by atomic mass is 16.4. The molecule has 2 fully saturated rings. The molecule has 1 amide bonds. The molecule has 2 aliphatic rings. The Hall–Kier alpha value is -3.94. The SMILES string of the molecule is CC(=O)c1ccc(N2CCN(c3cc(C(=O)O)c4cc(NC(=O)C5CC5)ccc4n3)CC2)cc1. The number of nitrogens with zero attached hydrogens (tertiary/aromatic N) is 3. The van der Waals surface area contributed by atoms with E-state index < -0.39 is 5.97 Å². The van der Waals surface area contributed by atoms with E-state index in [1.165, 1.54) is 0 Å². The summed E-state index contributed by atoms with van der Waals surface area (Å²) in [6.07, 6.45) is 1.81. The Labute approximate surface area is 197 Å². The van der Waals surface area contributed by atoms with Crippen molar-refractivity contribution in [3.63, 3.8) is 0 Å². The Morgan fingerprint density at radius 1 is 0.941 bits per heavy atom. The summed E-state index contributed by atoms with van der Waals surface area (Å²) >= 11 is 0. The summed E-state index contributed by atoms with van der Waals surface area (Å²) in [4.78, 5) is 44.7. The maximum atomic E-state index is 12.1. The van der Waals surface area contributed by atoms with E-state index in [-0.39, 0.29) is 23.2 Å². The van der Waals surface area contributed by atoms with Crippen molar-refractivity contribution in [2.45, 2.75) is 19.8 Å². The van der Waals surface area contributed by atoms with Gasteiger partial charge in [-0.3, -0.25) is 9.59 Å². The lowest BCUT2D eigenvalue weighted by molar-refractivity contribution is -0.117. The molecule has 8 heteroatoms. The molecular formula is C26H26N4O4. The number of aromatic nitrogens is 1. The molecule has 174 valence electrons. The Morgan fingerprint density at radius 2 is 1.62 bits per heavy atom. The smallest absolute Gasteiger partial charge is 0.336 e. The first kappa shape index (κ1) is 21.9. The number of nitrogens with one attached hydrogen (secondary N) is 1. The molecule has 1 saturated carbocycles. The Kier molecular flexibility index (Phi) is 5.65. The van der Waals surface area contributed by atoms with Gasteiger partial charge >= 0.3 is 5.97 Å². The normalized spacial score (nSPS) is 15.9. The van der Waals surface area contributed by atoms with Crippen LogP contribution in [0.2, 0.25) is 0 Å². The minimum Gasteiger partial charge on any atom is -0.478 e. The van der Waals surface area contributed by atoms with Crippen LogP contribution in [0.5, 0.6) is 0 Å². The summed E-state index contributed by atoms with van der Waals surface area (Å²) in [6.45, 7) is 4.46. The van der Waals surface area contributed by atoms with Crippen LogP contribution in [0.25, 0.3) is 10.9 Å². The first-order valence-electron chi connectivity index (χ1n) is 11.5. The standard InChI is InChI=1S/C26H26N4O4/c1-16(31)17-4-7-20(8-5-17)29-10-12-30(13-11-29)24-15-22(26(33)34)21-14-19(6-9-23(21)28-24)27-25(32)18-2-3-18/h4-9,14-15,18H,2-3,10-13H2,1H3,(H,27,32)(H,33,34). The number of carboxylic acid groups (broad SMARTS) is 1. The molecule has 5 rings (SSSR count). The molecule has 0 radical (unpaired) electrons. The van der Waals surface area contributed by atoms with Crippen LogP contribution in [0.4, 0.5) is 17.2 Å². The lowest BCUT2D eigenvalue weighted by Crippen LogP contribution is -2.46. The monoisotopic (exact) mass is 458 g/mol. The van der Waals surface area contributed by atoms with Crippen LogP contribution in [-0.4, -0.2) is 53.9 Å². The third-order valence-electron chi connectivity index (χ3n) is 6.48. The zero-order valence-electron chi connectivity index (χ0n) is 19.0. The molecule has 1 aliphatic heterocycles. The van der Waals surface area contributed by atoms with E-state index in [2.05, 4.69) is 15.1 Å². The molecule has 3 aromatic rings. The van der Waals surface area contributed by atoms with Crippen molar-refractivity contribution in [2.75, 3.05) is 41.3 Å². The van der Waals surface area contributed by atoms with Gasteiger partial charge in [-0.15, -0.1) is 0 Å². The van der Waals surface area contributed by atoms with Crippen LogP contribution in [0.1, 0.15) is 40.5 Å². The number of amides is 1. The van der Waals surface area contributed by atoms with Gasteiger partial charge in [-0.2, -0.15) is 0 Å². The second-order valence-corrected chi connectivity index (χ2v) is 8.91. The van der Waals surface area contributed by atoms with E-state index in [0.29, 0.717) is 41.1 Å². The second-order valence-electron chi connectivity index (χ2n) is 8.91. The Bertz CT molecular complexity index is 1280. The van der Waals surface area contributed by atoms with Gasteiger partial charge in [0.05, 0.1) is 11.1 Å². The number of aromatic carboxylic acids is 1. The van der Waals surface area contributed by atoms with E-state index in [1.807, 2.05) is 24.3 Å². The largest absolute Gasteiger partial charge is 0.478 e. The number of carbonyl (C=O) groups is 3. The summed E-state index contributed by atoms with van der Waals surface area (Å²) in [5.74, 6) is -0.296. The Morgan fingerprint density at radius 3 is 2.24 bits per heavy atom. The number of hydrogen-bond acceptors (Lipinski definition) is 6. The van der Waals surface area contributed by atoms with Crippen LogP contribution >= 0.6 is 0 Å². The number of carboxylic acids is 1. The summed E-state index contributed by atoms with van der Waals surface area (Å²) < 4.78 is 0. The minimum atomic E-state index is -1.02. The number of benzene rings is 2. The van der Waals surface area contributed by atoms with E-state index in [4.69, 9.17) is 4.98 Å². The average molecular weight is 459 g/mol. The average Bonchev–Trinajstić information content (AvgIpc) is 3.69. The van der Waals surface area contributed by atoms with Crippen molar-refractivity contribution in [3.05, 3.63) is 59.7 Å². The fourth-order valence-corrected chi connectivity index (χ4v) is 4.32. The number of carbonyl (C=O) groups excluding carboxylic acids is 2. The summed E-state index contributed by atoms with van der Waals surface area (Å²) in [7, 11) is 0. The number of anilines is 3. The van der Waals surface area contributed by atoms with Gasteiger partial charge in [0.15, 0.2) is 5.78 Å². The molecule has 1 aromatic heterocycles. The van der Waals surface area contributed by atoms with Crippen molar-refractivity contribution >= 4 is 45.8 Å². The molecule has 0 spiro atoms. The van der Waals surface area contributed by atoms with Gasteiger partial charge < -0.3 is 20.2 Å². The zero-order valence-corrected chi connectivity index (χ0v) is 19.0. The third-order valence-corrected chi connectivity index (χ3v) is 6.48. The van der Waals surface area contributed by atoms with Crippen LogP contribution in [0.3, 0.4) is 0 Å². The van der Waals surface area contributed by atoms with Crippen LogP contribution in [0.15, 0.2) is 48.5 Å². The molecule has 34 heavy (non-hydrogen) atoms. The number of rotatable bonds is 6. The van der Waals surface area contributed by atoms with Gasteiger partial charge in [0.25, 0.3) is 0 Å². The quantitative estimate of drug-likeness (QED) is 0.542. The highest BCUT2D eigenvalue weighted by Gasteiger charge is 2.29. The molecular weight excluding hydrogens is 432 g/mol. The predicted molar refractivity (Wildman–Crippen MR) is 131 cm³/mol. The topological polar surface area (TPSA) is 103 Å². The Balaban J connectivity index is 1.34. The highest BCUT2D eigenvalue weighted by Crippen LogP contribution is 2.31. The van der Waals surface area contributed by atoms with E-state index in [9.17, 15) is 19.5 Å². The maximum absolute atomic E-state index is 12.1. The summed E-state index contributed by atoms with van der Waals surface area (Å²) in [6, 6.07) is 14.5. The summed E-state index contributed by atoms with van der Waals surface area (Å²) in [5.41, 5.74) is 3.10. The van der Waals surface area contributed by atoms with Crippen molar-refractivity contribution < 1.29 is 19.5 Å². The third kappa shape index (κ3) is 4.44. The first-order valence-corrected chi connectivity index (χ1v) is 11.5. The van der Waals surface area contributed by atoms with Crippen molar-refractivity contribution in [2.24, 2.45) is 5.92 Å². The van der Waals surface area contributed by atoms with Crippen molar-refractivity contribution in [3.8, 4) is 0 Å². The van der Waals surface area contributed by atoms with Gasteiger partial charge in [-0.05, 0) is 68.3 Å². The lowest BCUT2D eigenvalue weighted by Gasteiger charge is -2.37. The van der Waals surface area contributed by atoms with Gasteiger partial charge in [0.1, 0.15) is 5.82 Å². The van der Waals surface area contributed by atoms with Gasteiger partial charge in [0, 0.05) is 54.4 Å². The predicted octanol–water partition coefficient (Wildman–Crippen LogP) is 3.81. The van der Waals surface area contributed by atoms with Gasteiger partial charge in [-0.25, -0.2) is 9.78 Å². The lowest BCUT2D eigenvalue weighted by atomic mass is 10.1. The molecule has 1 saturated heterocycles. The van der Waals surface area contributed by atoms with Crippen LogP contribution in [0, 0.1) is 5.92 Å². The zero-order chi connectivity index (χ0) is 23.8. The fourth-order valence-electron chi connectivity index (χ4n) is 4.32. The molecule has 0 unspecified atom stereocenters.